The summed E-state index contributed by atoms with van der Waals surface area (Å²) in [4.78, 5) is 32.6. The first-order valence-corrected chi connectivity index (χ1v) is 8.15. The van der Waals surface area contributed by atoms with Gasteiger partial charge in [0.1, 0.15) is 17.7 Å². The molecule has 0 saturated heterocycles. The molecule has 0 fully saturated rings. The highest BCUT2D eigenvalue weighted by Gasteiger charge is 2.13. The van der Waals surface area contributed by atoms with Crippen LogP contribution in [0.5, 0.6) is 0 Å². The normalized spacial score (nSPS) is 13.1. The van der Waals surface area contributed by atoms with Crippen LogP contribution in [0.2, 0.25) is 0 Å². The van der Waals surface area contributed by atoms with E-state index in [-0.39, 0.29) is 22.5 Å². The largest absolute Gasteiger partial charge is 0.347 e. The van der Waals surface area contributed by atoms with Crippen LogP contribution in [0.3, 0.4) is 0 Å². The van der Waals surface area contributed by atoms with Crippen LogP contribution in [0, 0.1) is 11.3 Å². The van der Waals surface area contributed by atoms with Crippen molar-refractivity contribution in [3.8, 4) is 6.07 Å². The maximum Gasteiger partial charge on any atom is 0.270 e. The van der Waals surface area contributed by atoms with Gasteiger partial charge in [-0.2, -0.15) is 5.26 Å². The van der Waals surface area contributed by atoms with E-state index in [1.54, 1.807) is 18.2 Å². The molecule has 0 saturated carbocycles. The van der Waals surface area contributed by atoms with Gasteiger partial charge in [-0.25, -0.2) is 9.97 Å². The molecule has 0 aliphatic carbocycles. The zero-order valence-electron chi connectivity index (χ0n) is 18.5. The Kier molecular flexibility index (Phi) is 4.55. The summed E-state index contributed by atoms with van der Waals surface area (Å²) in [6.45, 7) is -4.46. The van der Waals surface area contributed by atoms with Crippen molar-refractivity contribution in [2.45, 2.75) is 13.0 Å². The second-order valence-corrected chi connectivity index (χ2v) is 5.50. The Hall–Kier alpha value is -4.05. The van der Waals surface area contributed by atoms with Crippen LogP contribution in [-0.2, 0) is 13.0 Å². The third-order valence-electron chi connectivity index (χ3n) is 3.56. The first-order valence-electron chi connectivity index (χ1n) is 10.2. The van der Waals surface area contributed by atoms with Crippen molar-refractivity contribution in [3.63, 3.8) is 0 Å². The number of rotatable bonds is 6. The Labute approximate surface area is 167 Å². The van der Waals surface area contributed by atoms with Gasteiger partial charge in [0.05, 0.1) is 17.1 Å². The van der Waals surface area contributed by atoms with Gasteiger partial charge in [-0.3, -0.25) is 9.59 Å². The van der Waals surface area contributed by atoms with Crippen molar-refractivity contribution in [3.05, 3.63) is 95.1 Å². The molecule has 1 aromatic heterocycles. The molecule has 2 aromatic carbocycles. The number of hydrogen-bond acceptors (Lipinski definition) is 5. The van der Waals surface area contributed by atoms with Crippen LogP contribution >= 0.6 is 0 Å². The molecule has 0 aliphatic rings. The molecule has 0 atom stereocenters. The zero-order chi connectivity index (χ0) is 23.4. The van der Waals surface area contributed by atoms with E-state index in [1.807, 2.05) is 6.07 Å². The summed E-state index contributed by atoms with van der Waals surface area (Å²) in [6.07, 6.45) is 0.958. The monoisotopic (exact) mass is 375 g/mol. The van der Waals surface area contributed by atoms with Crippen molar-refractivity contribution in [1.29, 1.82) is 5.26 Å². The molecule has 0 bridgehead atoms. The molecule has 2 amide bonds. The van der Waals surface area contributed by atoms with Crippen molar-refractivity contribution in [2.75, 3.05) is 0 Å². The number of nitrogens with one attached hydrogen (secondary N) is 2. The smallest absolute Gasteiger partial charge is 0.270 e. The van der Waals surface area contributed by atoms with Gasteiger partial charge in [0.25, 0.3) is 11.8 Å². The van der Waals surface area contributed by atoms with Crippen molar-refractivity contribution >= 4 is 11.8 Å². The fourth-order valence-electron chi connectivity index (χ4n) is 2.14. The summed E-state index contributed by atoms with van der Waals surface area (Å²) in [6, 6.07) is 16.6. The summed E-state index contributed by atoms with van der Waals surface area (Å²) < 4.78 is 32.4. The van der Waals surface area contributed by atoms with Gasteiger partial charge in [-0.1, -0.05) is 42.5 Å². The summed E-state index contributed by atoms with van der Waals surface area (Å²) in [5.74, 6) is -1.77. The van der Waals surface area contributed by atoms with E-state index in [2.05, 4.69) is 20.6 Å². The summed E-state index contributed by atoms with van der Waals surface area (Å²) in [5.41, 5.74) is 0.161. The summed E-state index contributed by atoms with van der Waals surface area (Å²) in [7, 11) is 0. The Morgan fingerprint density at radius 1 is 0.893 bits per heavy atom. The van der Waals surface area contributed by atoms with Gasteiger partial charge < -0.3 is 10.6 Å². The minimum Gasteiger partial charge on any atom is -0.347 e. The number of nitrogens with zero attached hydrogens (tertiary/aromatic N) is 3. The molecule has 3 rings (SSSR count). The third-order valence-corrected chi connectivity index (χ3v) is 3.56. The molecular weight excluding hydrogens is 354 g/mol. The van der Waals surface area contributed by atoms with E-state index in [1.165, 1.54) is 36.4 Å². The molecule has 138 valence electrons. The maximum atomic E-state index is 12.5. The molecule has 28 heavy (non-hydrogen) atoms. The van der Waals surface area contributed by atoms with Crippen LogP contribution in [0.15, 0.2) is 67.0 Å². The summed E-state index contributed by atoms with van der Waals surface area (Å²) >= 11 is 0. The highest BCUT2D eigenvalue weighted by molar-refractivity contribution is 5.97. The Morgan fingerprint density at radius 3 is 1.96 bits per heavy atom. The number of amides is 2. The fraction of sp³-hybridized carbons (Fsp3) is 0.0952. The minimum atomic E-state index is -2.27. The van der Waals surface area contributed by atoms with Gasteiger partial charge in [0.15, 0.2) is 0 Å². The van der Waals surface area contributed by atoms with Crippen molar-refractivity contribution in [2.24, 2.45) is 0 Å². The molecular formula is C21H17N5O2. The average Bonchev–Trinajstić information content (AvgIpc) is 2.79. The van der Waals surface area contributed by atoms with Crippen molar-refractivity contribution < 1.29 is 15.1 Å². The lowest BCUT2D eigenvalue weighted by Gasteiger charge is -2.07. The van der Waals surface area contributed by atoms with E-state index >= 15 is 0 Å². The van der Waals surface area contributed by atoms with E-state index in [0.29, 0.717) is 5.56 Å². The molecule has 0 spiro atoms. The van der Waals surface area contributed by atoms with Crippen molar-refractivity contribution in [1.82, 2.24) is 20.6 Å². The maximum absolute atomic E-state index is 12.5. The molecule has 1 heterocycles. The lowest BCUT2D eigenvalue weighted by atomic mass is 10.1. The molecule has 0 unspecified atom stereocenters. The first kappa shape index (κ1) is 14.1. The van der Waals surface area contributed by atoms with Gasteiger partial charge in [0.2, 0.25) is 0 Å². The molecule has 0 radical (unpaired) electrons. The molecule has 7 nitrogen and oxygen atoms in total. The number of aromatic nitrogens is 2. The Morgan fingerprint density at radius 2 is 1.43 bits per heavy atom. The molecule has 2 N–H and O–H groups in total. The molecule has 0 aliphatic heterocycles. The zero-order valence-corrected chi connectivity index (χ0v) is 14.5. The van der Waals surface area contributed by atoms with Gasteiger partial charge >= 0.3 is 0 Å². The second kappa shape index (κ2) is 9.05. The predicted octanol–water partition coefficient (Wildman–Crippen LogP) is 2.21. The van der Waals surface area contributed by atoms with E-state index in [4.69, 9.17) is 10.7 Å². The standard InChI is InChI=1S/C21H17N5O2/c22-11-15-6-8-17(9-7-15)13-24-21(28)19-10-18(25-14-26-19)20(27)23-12-16-4-2-1-3-5-16/h1-10,14H,12-13H2,(H,23,27)(H,24,28)/i12D2,13D2. The molecule has 3 aromatic rings. The number of hydrogen-bond donors (Lipinski definition) is 2. The number of nitriles is 1. The lowest BCUT2D eigenvalue weighted by molar-refractivity contribution is 0.0944. The molecule has 7 heteroatoms. The third kappa shape index (κ3) is 4.99. The Balaban J connectivity index is 1.75. The van der Waals surface area contributed by atoms with Gasteiger partial charge in [-0.15, -0.1) is 0 Å². The fourth-order valence-corrected chi connectivity index (χ4v) is 2.14. The minimum absolute atomic E-state index is 0.118. The predicted molar refractivity (Wildman–Crippen MR) is 102 cm³/mol. The van der Waals surface area contributed by atoms with Crippen LogP contribution in [0.25, 0.3) is 0 Å². The SMILES string of the molecule is [2H]C([2H])(NC(=O)c1cc(C(=O)NC([2H])([2H])c2ccc(C#N)cc2)ncn1)c1ccccc1. The van der Waals surface area contributed by atoms with Crippen LogP contribution in [0.4, 0.5) is 0 Å². The van der Waals surface area contributed by atoms with Crippen LogP contribution in [0.1, 0.15) is 43.2 Å². The topological polar surface area (TPSA) is 108 Å². The lowest BCUT2D eigenvalue weighted by Crippen LogP contribution is -2.27. The summed E-state index contributed by atoms with van der Waals surface area (Å²) in [5, 5.41) is 13.2. The number of carbonyl (C=O) groups excluding carboxylic acids is 2. The van der Waals surface area contributed by atoms with E-state index in [9.17, 15) is 9.59 Å². The van der Waals surface area contributed by atoms with E-state index in [0.717, 1.165) is 12.4 Å². The second-order valence-electron chi connectivity index (χ2n) is 5.50. The number of benzene rings is 2. The van der Waals surface area contributed by atoms with Gasteiger partial charge in [0, 0.05) is 19.1 Å². The highest BCUT2D eigenvalue weighted by Crippen LogP contribution is 2.05. The number of carbonyl (C=O) groups is 2. The van der Waals surface area contributed by atoms with E-state index < -0.39 is 24.8 Å². The van der Waals surface area contributed by atoms with Crippen LogP contribution < -0.4 is 10.6 Å². The van der Waals surface area contributed by atoms with Gasteiger partial charge in [-0.05, 0) is 23.3 Å². The first-order chi connectivity index (χ1) is 15.1. The quantitative estimate of drug-likeness (QED) is 0.687. The highest BCUT2D eigenvalue weighted by atomic mass is 16.2. The average molecular weight is 375 g/mol. The van der Waals surface area contributed by atoms with Crippen LogP contribution in [-0.4, -0.2) is 21.8 Å². The Bertz CT molecular complexity index is 1180.